The summed E-state index contributed by atoms with van der Waals surface area (Å²) in [5.74, 6) is 0.171. The van der Waals surface area contributed by atoms with Crippen molar-refractivity contribution in [1.82, 2.24) is 19.6 Å². The molecule has 0 bridgehead atoms. The summed E-state index contributed by atoms with van der Waals surface area (Å²) in [5, 5.41) is 14.6. The van der Waals surface area contributed by atoms with Crippen LogP contribution in [0.2, 0.25) is 0 Å². The van der Waals surface area contributed by atoms with Crippen molar-refractivity contribution < 1.29 is 14.4 Å². The van der Waals surface area contributed by atoms with Gasteiger partial charge in [-0.25, -0.2) is 4.79 Å². The van der Waals surface area contributed by atoms with Crippen LogP contribution >= 0.6 is 0 Å². The zero-order valence-corrected chi connectivity index (χ0v) is 14.3. The normalized spacial score (nSPS) is 23.7. The third-order valence-electron chi connectivity index (χ3n) is 4.62. The number of aliphatic hydroxyl groups is 1. The van der Waals surface area contributed by atoms with Crippen LogP contribution in [0.3, 0.4) is 0 Å². The molecule has 0 spiro atoms. The number of aromatic nitrogens is 3. The van der Waals surface area contributed by atoms with Crippen LogP contribution < -0.4 is 11.2 Å². The van der Waals surface area contributed by atoms with Crippen molar-refractivity contribution in [2.75, 3.05) is 13.1 Å². The summed E-state index contributed by atoms with van der Waals surface area (Å²) >= 11 is 0. The molecule has 1 fully saturated rings. The highest BCUT2D eigenvalue weighted by atomic mass is 16.5. The van der Waals surface area contributed by atoms with Crippen LogP contribution in [0, 0.1) is 13.8 Å². The Hall–Kier alpha value is -2.68. The number of carbonyl (C=O) groups is 1. The van der Waals surface area contributed by atoms with Gasteiger partial charge in [-0.15, -0.1) is 0 Å². The van der Waals surface area contributed by atoms with E-state index in [2.05, 4.69) is 10.1 Å². The second kappa shape index (κ2) is 5.99. The van der Waals surface area contributed by atoms with Crippen molar-refractivity contribution in [3.05, 3.63) is 50.1 Å². The van der Waals surface area contributed by atoms with Gasteiger partial charge in [0.1, 0.15) is 16.9 Å². The molecule has 1 aliphatic rings. The highest BCUT2D eigenvalue weighted by molar-refractivity contribution is 5.96. The molecule has 25 heavy (non-hydrogen) atoms. The van der Waals surface area contributed by atoms with Crippen molar-refractivity contribution in [2.24, 2.45) is 0 Å². The number of piperidine rings is 1. The van der Waals surface area contributed by atoms with Gasteiger partial charge in [-0.2, -0.15) is 0 Å². The number of amides is 1. The van der Waals surface area contributed by atoms with E-state index in [0.717, 1.165) is 0 Å². The van der Waals surface area contributed by atoms with E-state index in [-0.39, 0.29) is 12.5 Å². The smallest absolute Gasteiger partial charge is 0.328 e. The molecule has 1 saturated heterocycles. The van der Waals surface area contributed by atoms with Crippen LogP contribution in [-0.2, 0) is 0 Å². The Morgan fingerprint density at radius 1 is 1.44 bits per heavy atom. The number of nitrogens with zero attached hydrogens (tertiary/aromatic N) is 3. The maximum absolute atomic E-state index is 12.7. The monoisotopic (exact) mass is 348 g/mol. The molecular weight excluding hydrogens is 328 g/mol. The topological polar surface area (TPSA) is 121 Å². The number of hydrogen-bond acceptors (Lipinski definition) is 6. The Labute approximate surface area is 142 Å². The quantitative estimate of drug-likeness (QED) is 0.787. The Kier molecular flexibility index (Phi) is 4.11. The average Bonchev–Trinajstić information content (AvgIpc) is 2.85. The first-order valence-corrected chi connectivity index (χ1v) is 7.96. The minimum absolute atomic E-state index is 0.0477. The van der Waals surface area contributed by atoms with Crippen molar-refractivity contribution in [1.29, 1.82) is 0 Å². The second-order valence-electron chi connectivity index (χ2n) is 6.60. The number of β-amino-alcohol motifs (C(OH)–C–C–N with tert-alkyl or cyclic N) is 1. The van der Waals surface area contributed by atoms with E-state index in [1.165, 1.54) is 21.7 Å². The fourth-order valence-corrected chi connectivity index (χ4v) is 3.39. The Morgan fingerprint density at radius 3 is 2.72 bits per heavy atom. The first-order valence-electron chi connectivity index (χ1n) is 7.96. The first kappa shape index (κ1) is 17.2. The summed E-state index contributed by atoms with van der Waals surface area (Å²) in [6, 6.07) is 0.685. The number of rotatable bonds is 2. The number of H-pyrrole nitrogens is 1. The van der Waals surface area contributed by atoms with Gasteiger partial charge in [0.05, 0.1) is 18.3 Å². The highest BCUT2D eigenvalue weighted by Crippen LogP contribution is 2.31. The fraction of sp³-hybridized carbons (Fsp3) is 0.500. The molecule has 0 aliphatic carbocycles. The van der Waals surface area contributed by atoms with E-state index in [1.54, 1.807) is 20.8 Å². The summed E-state index contributed by atoms with van der Waals surface area (Å²) in [7, 11) is 0. The van der Waals surface area contributed by atoms with Crippen molar-refractivity contribution in [2.45, 2.75) is 38.8 Å². The van der Waals surface area contributed by atoms with E-state index >= 15 is 0 Å². The molecule has 2 N–H and O–H groups in total. The van der Waals surface area contributed by atoms with Gasteiger partial charge in [0, 0.05) is 18.8 Å². The predicted molar refractivity (Wildman–Crippen MR) is 87.5 cm³/mol. The largest absolute Gasteiger partial charge is 0.386 e. The maximum atomic E-state index is 12.7. The van der Waals surface area contributed by atoms with Crippen LogP contribution in [0.15, 0.2) is 26.4 Å². The number of aryl methyl sites for hydroxylation is 2. The zero-order chi connectivity index (χ0) is 18.4. The molecule has 1 amide bonds. The highest BCUT2D eigenvalue weighted by Gasteiger charge is 2.42. The van der Waals surface area contributed by atoms with Crippen molar-refractivity contribution in [3.8, 4) is 0 Å². The Morgan fingerprint density at radius 2 is 2.16 bits per heavy atom. The minimum atomic E-state index is -1.34. The SMILES string of the molecule is Cc1noc(C)c1C(=O)N1CC[C@@H](n2ccc(=O)[nH]c2=O)[C@](C)(O)C1. The summed E-state index contributed by atoms with van der Waals surface area (Å²) in [5.41, 5.74) is -1.51. The summed E-state index contributed by atoms with van der Waals surface area (Å²) < 4.78 is 6.34. The lowest BCUT2D eigenvalue weighted by atomic mass is 9.88. The summed E-state index contributed by atoms with van der Waals surface area (Å²) in [6.45, 7) is 5.33. The van der Waals surface area contributed by atoms with E-state index in [9.17, 15) is 19.5 Å². The van der Waals surface area contributed by atoms with E-state index in [0.29, 0.717) is 30.0 Å². The maximum Gasteiger partial charge on any atom is 0.328 e. The first-order chi connectivity index (χ1) is 11.7. The molecule has 3 rings (SSSR count). The van der Waals surface area contributed by atoms with Gasteiger partial charge in [0.25, 0.3) is 11.5 Å². The molecule has 0 radical (unpaired) electrons. The number of aromatic amines is 1. The number of carbonyl (C=O) groups excluding carboxylic acids is 1. The molecule has 0 unspecified atom stereocenters. The van der Waals surface area contributed by atoms with Crippen LogP contribution in [0.1, 0.15) is 41.2 Å². The van der Waals surface area contributed by atoms with Crippen LogP contribution in [0.25, 0.3) is 0 Å². The van der Waals surface area contributed by atoms with Gasteiger partial charge < -0.3 is 14.5 Å². The van der Waals surface area contributed by atoms with Gasteiger partial charge in [0.2, 0.25) is 0 Å². The van der Waals surface area contributed by atoms with E-state index in [1.807, 2.05) is 0 Å². The number of nitrogens with one attached hydrogen (secondary N) is 1. The lowest BCUT2D eigenvalue weighted by molar-refractivity contribution is -0.0504. The second-order valence-corrected chi connectivity index (χ2v) is 6.60. The van der Waals surface area contributed by atoms with E-state index < -0.39 is 22.9 Å². The molecule has 3 heterocycles. The number of likely N-dealkylation sites (tertiary alicyclic amines) is 1. The molecule has 134 valence electrons. The van der Waals surface area contributed by atoms with Gasteiger partial charge in [-0.3, -0.25) is 19.1 Å². The van der Waals surface area contributed by atoms with Crippen LogP contribution in [-0.4, -0.2) is 49.3 Å². The molecule has 2 atom stereocenters. The molecule has 9 heteroatoms. The lowest BCUT2D eigenvalue weighted by Gasteiger charge is -2.43. The molecular formula is C16H20N4O5. The fourth-order valence-electron chi connectivity index (χ4n) is 3.39. The average molecular weight is 348 g/mol. The summed E-state index contributed by atoms with van der Waals surface area (Å²) in [4.78, 5) is 39.7. The Bertz CT molecular complexity index is 904. The molecule has 9 nitrogen and oxygen atoms in total. The standard InChI is InChI=1S/C16H20N4O5/c1-9-13(10(2)25-18-9)14(22)19-6-4-11(16(3,24)8-19)20-7-5-12(21)17-15(20)23/h5,7,11,24H,4,6,8H2,1-3H3,(H,17,21,23)/t11-,16-/m1/s1. The van der Waals surface area contributed by atoms with Gasteiger partial charge >= 0.3 is 5.69 Å². The van der Waals surface area contributed by atoms with Crippen LogP contribution in [0.5, 0.6) is 0 Å². The third kappa shape index (κ3) is 3.02. The predicted octanol–water partition coefficient (Wildman–Crippen LogP) is -0.0204. The minimum Gasteiger partial charge on any atom is -0.386 e. The Balaban J connectivity index is 1.87. The van der Waals surface area contributed by atoms with Crippen molar-refractivity contribution in [3.63, 3.8) is 0 Å². The van der Waals surface area contributed by atoms with Gasteiger partial charge in [-0.1, -0.05) is 5.16 Å². The van der Waals surface area contributed by atoms with Crippen molar-refractivity contribution >= 4 is 5.91 Å². The van der Waals surface area contributed by atoms with Crippen LogP contribution in [0.4, 0.5) is 0 Å². The lowest BCUT2D eigenvalue weighted by Crippen LogP contribution is -2.56. The number of hydrogen-bond donors (Lipinski definition) is 2. The molecule has 0 aromatic carbocycles. The molecule has 1 aliphatic heterocycles. The molecule has 0 saturated carbocycles. The third-order valence-corrected chi connectivity index (χ3v) is 4.62. The summed E-state index contributed by atoms with van der Waals surface area (Å²) in [6.07, 6.45) is 1.74. The van der Waals surface area contributed by atoms with Gasteiger partial charge in [-0.05, 0) is 27.2 Å². The molecule has 2 aromatic heterocycles. The zero-order valence-electron chi connectivity index (χ0n) is 14.3. The van der Waals surface area contributed by atoms with E-state index in [4.69, 9.17) is 4.52 Å². The molecule has 2 aromatic rings. The van der Waals surface area contributed by atoms with Gasteiger partial charge in [0.15, 0.2) is 0 Å².